The summed E-state index contributed by atoms with van der Waals surface area (Å²) in [5, 5.41) is 8.70. The van der Waals surface area contributed by atoms with Gasteiger partial charge < -0.3 is 14.6 Å². The van der Waals surface area contributed by atoms with Crippen LogP contribution in [0.2, 0.25) is 0 Å². The molecule has 0 aromatic heterocycles. The molecule has 14 heavy (non-hydrogen) atoms. The molecule has 0 aliphatic rings. The maximum atomic E-state index is 9.09. The van der Waals surface area contributed by atoms with Gasteiger partial charge in [-0.05, 0) is 6.92 Å². The van der Waals surface area contributed by atoms with E-state index in [1.54, 1.807) is 6.92 Å². The Kier molecular flexibility index (Phi) is 6.22. The molecule has 5 heteroatoms. The van der Waals surface area contributed by atoms with Crippen molar-refractivity contribution in [1.82, 2.24) is 0 Å². The van der Waals surface area contributed by atoms with Gasteiger partial charge >= 0.3 is 0 Å². The van der Waals surface area contributed by atoms with Crippen LogP contribution in [0.25, 0.3) is 0 Å². The molecule has 3 atom stereocenters. The summed E-state index contributed by atoms with van der Waals surface area (Å²) < 4.78 is 10.1. The molecule has 0 aromatic carbocycles. The monoisotopic (exact) mass is 216 g/mol. The Labute approximate surface area is 91.1 Å². The molecule has 0 saturated heterocycles. The van der Waals surface area contributed by atoms with Gasteiger partial charge in [-0.25, -0.2) is 0 Å². The van der Waals surface area contributed by atoms with Gasteiger partial charge in [0.05, 0.1) is 13.2 Å². The Balaban J connectivity index is 4.43. The van der Waals surface area contributed by atoms with E-state index in [0.717, 1.165) is 0 Å². The van der Waals surface area contributed by atoms with Crippen LogP contribution in [-0.2, 0) is 9.47 Å². The molecule has 0 fully saturated rings. The van der Waals surface area contributed by atoms with Gasteiger partial charge in [-0.15, -0.1) is 18.0 Å². The number of hydrogen-bond acceptors (Lipinski definition) is 3. The van der Waals surface area contributed by atoms with Crippen LogP contribution in [0.3, 0.4) is 0 Å². The molecule has 0 rings (SSSR count). The maximum absolute atomic E-state index is 9.09. The van der Waals surface area contributed by atoms with Crippen LogP contribution in [0.15, 0.2) is 0 Å². The van der Waals surface area contributed by atoms with Crippen molar-refractivity contribution in [2.75, 3.05) is 20.3 Å². The first-order valence-electron chi connectivity index (χ1n) is 4.16. The quantitative estimate of drug-likeness (QED) is 0.390. The average molecular weight is 216 g/mol. The first kappa shape index (κ1) is 13.8. The molecule has 0 amide bonds. The third-order valence-electron chi connectivity index (χ3n) is 1.71. The van der Waals surface area contributed by atoms with Crippen molar-refractivity contribution < 1.29 is 14.6 Å². The van der Waals surface area contributed by atoms with Crippen LogP contribution in [-0.4, -0.2) is 50.3 Å². The van der Waals surface area contributed by atoms with Crippen molar-refractivity contribution in [3.8, 4) is 12.3 Å². The maximum Gasteiger partial charge on any atom is 0.173 e. The minimum absolute atomic E-state index is 0.0668. The molecule has 0 aromatic rings. The van der Waals surface area contributed by atoms with Crippen LogP contribution in [0, 0.1) is 12.3 Å². The minimum atomic E-state index is -1.21. The summed E-state index contributed by atoms with van der Waals surface area (Å²) in [5.74, 6) is 2.32. The van der Waals surface area contributed by atoms with Gasteiger partial charge in [0.15, 0.2) is 5.60 Å². The van der Waals surface area contributed by atoms with Crippen LogP contribution < -0.4 is 0 Å². The summed E-state index contributed by atoms with van der Waals surface area (Å²) in [6.07, 6.45) is 5.24. The van der Waals surface area contributed by atoms with Gasteiger partial charge in [0.2, 0.25) is 0 Å². The molecular formula is C9H14BClO3. The Hall–Kier alpha value is -0.205. The zero-order valence-corrected chi connectivity index (χ0v) is 9.12. The number of aliphatic hydroxyl groups is 1. The molecule has 0 aliphatic carbocycles. The number of methoxy groups -OCH3 is 1. The summed E-state index contributed by atoms with van der Waals surface area (Å²) in [7, 11) is 7.03. The van der Waals surface area contributed by atoms with Crippen molar-refractivity contribution >= 4 is 19.4 Å². The molecule has 1 N–H and O–H groups in total. The minimum Gasteiger partial charge on any atom is -0.392 e. The molecular weight excluding hydrogens is 202 g/mol. The second-order valence-electron chi connectivity index (χ2n) is 2.99. The Morgan fingerprint density at radius 3 is 2.57 bits per heavy atom. The molecule has 1 unspecified atom stereocenters. The van der Waals surface area contributed by atoms with E-state index in [9.17, 15) is 0 Å². The van der Waals surface area contributed by atoms with E-state index in [4.69, 9.17) is 40.5 Å². The molecule has 0 bridgehead atoms. The van der Waals surface area contributed by atoms with E-state index in [1.807, 2.05) is 0 Å². The summed E-state index contributed by atoms with van der Waals surface area (Å²) in [5.41, 5.74) is -1.21. The smallest absolute Gasteiger partial charge is 0.173 e. The van der Waals surface area contributed by atoms with E-state index >= 15 is 0 Å². The van der Waals surface area contributed by atoms with Gasteiger partial charge in [0.1, 0.15) is 7.85 Å². The highest BCUT2D eigenvalue weighted by Crippen LogP contribution is 2.15. The second-order valence-corrected chi connectivity index (χ2v) is 3.68. The van der Waals surface area contributed by atoms with Gasteiger partial charge in [-0.2, -0.15) is 0 Å². The number of alkyl halides is 1. The fourth-order valence-electron chi connectivity index (χ4n) is 0.826. The standard InChI is InChI=1S/C9H14BClO3/c1-4-9(5-12,6-13-3)14-8(10)7(2)11/h1,7-8,12H,5-6H2,2-3H3/t7-,8?,9+/m1/s1. The number of ether oxygens (including phenoxy) is 2. The first-order valence-corrected chi connectivity index (χ1v) is 4.60. The molecule has 3 nitrogen and oxygen atoms in total. The number of rotatable bonds is 6. The number of aliphatic hydroxyl groups excluding tert-OH is 1. The summed E-state index contributed by atoms with van der Waals surface area (Å²) in [6, 6.07) is -0.741. The predicted octanol–water partition coefficient (Wildman–Crippen LogP) is 0.136. The predicted molar refractivity (Wildman–Crippen MR) is 56.5 cm³/mol. The van der Waals surface area contributed by atoms with E-state index < -0.39 is 17.0 Å². The van der Waals surface area contributed by atoms with Crippen LogP contribution >= 0.6 is 11.6 Å². The summed E-state index contributed by atoms with van der Waals surface area (Å²) >= 11 is 5.71. The Bertz CT molecular complexity index is 205. The topological polar surface area (TPSA) is 38.7 Å². The number of hydrogen-bond donors (Lipinski definition) is 1. The second kappa shape index (κ2) is 6.31. The highest BCUT2D eigenvalue weighted by atomic mass is 35.5. The van der Waals surface area contributed by atoms with Crippen LogP contribution in [0.5, 0.6) is 0 Å². The summed E-state index contributed by atoms with van der Waals surface area (Å²) in [4.78, 5) is 0. The van der Waals surface area contributed by atoms with E-state index in [1.165, 1.54) is 7.11 Å². The fraction of sp³-hybridized carbons (Fsp3) is 0.778. The van der Waals surface area contributed by atoms with Gasteiger partial charge in [-0.3, -0.25) is 0 Å². The van der Waals surface area contributed by atoms with Gasteiger partial charge in [-0.1, -0.05) is 5.92 Å². The zero-order valence-electron chi connectivity index (χ0n) is 8.37. The highest BCUT2D eigenvalue weighted by molar-refractivity contribution is 6.26. The van der Waals surface area contributed by atoms with E-state index in [0.29, 0.717) is 0 Å². The van der Waals surface area contributed by atoms with Crippen molar-refractivity contribution in [2.45, 2.75) is 23.9 Å². The largest absolute Gasteiger partial charge is 0.392 e. The SMILES string of the molecule is [B]C(O[C@@](C#C)(CO)COC)[C@@H](C)Cl. The molecule has 2 radical (unpaired) electrons. The lowest BCUT2D eigenvalue weighted by molar-refractivity contribution is -0.0903. The van der Waals surface area contributed by atoms with Crippen LogP contribution in [0.1, 0.15) is 6.92 Å². The molecule has 0 saturated carbocycles. The Morgan fingerprint density at radius 2 is 2.29 bits per heavy atom. The lowest BCUT2D eigenvalue weighted by atomic mass is 9.95. The third kappa shape index (κ3) is 3.89. The van der Waals surface area contributed by atoms with E-state index in [-0.39, 0.29) is 13.2 Å². The van der Waals surface area contributed by atoms with Crippen molar-refractivity contribution in [2.24, 2.45) is 0 Å². The fourth-order valence-corrected chi connectivity index (χ4v) is 0.877. The molecule has 0 aliphatic heterocycles. The van der Waals surface area contributed by atoms with Crippen LogP contribution in [0.4, 0.5) is 0 Å². The van der Waals surface area contributed by atoms with Crippen molar-refractivity contribution in [1.29, 1.82) is 0 Å². The van der Waals surface area contributed by atoms with E-state index in [2.05, 4.69) is 5.92 Å². The summed E-state index contributed by atoms with van der Waals surface area (Å²) in [6.45, 7) is 1.38. The van der Waals surface area contributed by atoms with Crippen molar-refractivity contribution in [3.63, 3.8) is 0 Å². The molecule has 78 valence electrons. The zero-order chi connectivity index (χ0) is 11.2. The average Bonchev–Trinajstić information content (AvgIpc) is 2.16. The first-order chi connectivity index (χ1) is 6.51. The number of terminal acetylenes is 1. The molecule has 0 spiro atoms. The third-order valence-corrected chi connectivity index (χ3v) is 1.96. The lowest BCUT2D eigenvalue weighted by Gasteiger charge is -2.30. The van der Waals surface area contributed by atoms with Gasteiger partial charge in [0.25, 0.3) is 0 Å². The van der Waals surface area contributed by atoms with Gasteiger partial charge in [0, 0.05) is 18.5 Å². The highest BCUT2D eigenvalue weighted by Gasteiger charge is 2.31. The molecule has 0 heterocycles. The lowest BCUT2D eigenvalue weighted by Crippen LogP contribution is -2.45. The van der Waals surface area contributed by atoms with Crippen molar-refractivity contribution in [3.05, 3.63) is 0 Å². The Morgan fingerprint density at radius 1 is 1.71 bits per heavy atom. The normalized spacial score (nSPS) is 19.4. The number of halogens is 1.